The molecule has 0 spiro atoms. The third kappa shape index (κ3) is 2.36. The first-order chi connectivity index (χ1) is 7.68. The van der Waals surface area contributed by atoms with Gasteiger partial charge in [0, 0.05) is 33.1 Å². The number of rotatable bonds is 2. The van der Waals surface area contributed by atoms with Crippen molar-refractivity contribution in [3.63, 3.8) is 0 Å². The number of ketones is 1. The summed E-state index contributed by atoms with van der Waals surface area (Å²) in [5, 5.41) is 0. The molecule has 0 aliphatic carbocycles. The molecule has 0 amide bonds. The molecule has 16 heavy (non-hydrogen) atoms. The maximum Gasteiger partial charge on any atom is 0.214 e. The van der Waals surface area contributed by atoms with Crippen LogP contribution in [0.25, 0.3) is 0 Å². The number of halogens is 2. The van der Waals surface area contributed by atoms with E-state index in [1.165, 1.54) is 6.20 Å². The molecule has 0 radical (unpaired) electrons. The van der Waals surface area contributed by atoms with E-state index in [-0.39, 0.29) is 5.78 Å². The Kier molecular flexibility index (Phi) is 3.46. The number of nitrogens with zero attached hydrogens (tertiary/aromatic N) is 2. The van der Waals surface area contributed by atoms with E-state index in [4.69, 9.17) is 0 Å². The van der Waals surface area contributed by atoms with Gasteiger partial charge in [-0.3, -0.25) is 14.8 Å². The van der Waals surface area contributed by atoms with Crippen molar-refractivity contribution in [1.82, 2.24) is 9.97 Å². The summed E-state index contributed by atoms with van der Waals surface area (Å²) in [7, 11) is 0. The van der Waals surface area contributed by atoms with Gasteiger partial charge in [-0.05, 0) is 50.1 Å². The van der Waals surface area contributed by atoms with Crippen LogP contribution in [-0.4, -0.2) is 15.8 Å². The average Bonchev–Trinajstić information content (AvgIpc) is 2.29. The highest BCUT2D eigenvalue weighted by Gasteiger charge is 2.14. The first-order valence-electron chi connectivity index (χ1n) is 4.44. The first kappa shape index (κ1) is 11.4. The third-order valence-electron chi connectivity index (χ3n) is 1.95. The number of hydrogen-bond donors (Lipinski definition) is 0. The van der Waals surface area contributed by atoms with Crippen LogP contribution in [0, 0.1) is 0 Å². The molecule has 2 rings (SSSR count). The highest BCUT2D eigenvalue weighted by Crippen LogP contribution is 2.21. The molecule has 0 aliphatic heterocycles. The second-order valence-corrected chi connectivity index (χ2v) is 4.82. The fraction of sp³-hybridized carbons (Fsp3) is 0. The molecule has 2 heterocycles. The summed E-state index contributed by atoms with van der Waals surface area (Å²) in [4.78, 5) is 20.0. The van der Waals surface area contributed by atoms with Crippen molar-refractivity contribution in [2.45, 2.75) is 0 Å². The van der Waals surface area contributed by atoms with E-state index in [9.17, 15) is 4.79 Å². The summed E-state index contributed by atoms with van der Waals surface area (Å²) in [6, 6.07) is 5.22. The lowest BCUT2D eigenvalue weighted by Crippen LogP contribution is -2.05. The van der Waals surface area contributed by atoms with Crippen molar-refractivity contribution < 1.29 is 4.79 Å². The number of pyridine rings is 2. The van der Waals surface area contributed by atoms with Crippen molar-refractivity contribution >= 4 is 37.6 Å². The minimum atomic E-state index is -0.146. The molecule has 0 aromatic carbocycles. The van der Waals surface area contributed by atoms with Crippen LogP contribution in [0.5, 0.6) is 0 Å². The van der Waals surface area contributed by atoms with Crippen molar-refractivity contribution in [3.05, 3.63) is 57.0 Å². The predicted octanol–water partition coefficient (Wildman–Crippen LogP) is 3.23. The SMILES string of the molecule is O=C(c1cccnc1)c1ncc(Br)cc1Br. The first-order valence-corrected chi connectivity index (χ1v) is 6.03. The molecular formula is C11H6Br2N2O. The molecule has 3 nitrogen and oxygen atoms in total. The summed E-state index contributed by atoms with van der Waals surface area (Å²) in [5.74, 6) is -0.146. The summed E-state index contributed by atoms with van der Waals surface area (Å²) in [5.41, 5.74) is 0.911. The molecule has 0 atom stereocenters. The van der Waals surface area contributed by atoms with E-state index < -0.39 is 0 Å². The maximum atomic E-state index is 12.0. The van der Waals surface area contributed by atoms with Crippen LogP contribution in [0.4, 0.5) is 0 Å². The Labute approximate surface area is 109 Å². The van der Waals surface area contributed by atoms with E-state index >= 15 is 0 Å². The minimum absolute atomic E-state index is 0.146. The highest BCUT2D eigenvalue weighted by atomic mass is 79.9. The zero-order chi connectivity index (χ0) is 11.5. The number of carbonyl (C=O) groups is 1. The van der Waals surface area contributed by atoms with Gasteiger partial charge in [-0.25, -0.2) is 0 Å². The third-order valence-corrected chi connectivity index (χ3v) is 2.98. The molecule has 80 valence electrons. The van der Waals surface area contributed by atoms with Crippen LogP contribution in [0.2, 0.25) is 0 Å². The van der Waals surface area contributed by atoms with Crippen molar-refractivity contribution in [1.29, 1.82) is 0 Å². The highest BCUT2D eigenvalue weighted by molar-refractivity contribution is 9.11. The average molecular weight is 342 g/mol. The summed E-state index contributed by atoms with van der Waals surface area (Å²) < 4.78 is 1.48. The maximum absolute atomic E-state index is 12.0. The van der Waals surface area contributed by atoms with E-state index in [1.807, 2.05) is 0 Å². The molecule has 0 saturated carbocycles. The minimum Gasteiger partial charge on any atom is -0.287 e. The molecule has 0 saturated heterocycles. The monoisotopic (exact) mass is 340 g/mol. The summed E-state index contributed by atoms with van der Waals surface area (Å²) in [6.07, 6.45) is 4.74. The van der Waals surface area contributed by atoms with Crippen LogP contribution < -0.4 is 0 Å². The van der Waals surface area contributed by atoms with Gasteiger partial charge in [-0.1, -0.05) is 0 Å². The Balaban J connectivity index is 2.42. The van der Waals surface area contributed by atoms with Gasteiger partial charge in [0.1, 0.15) is 5.69 Å². The van der Waals surface area contributed by atoms with Gasteiger partial charge in [-0.2, -0.15) is 0 Å². The van der Waals surface area contributed by atoms with Crippen LogP contribution in [-0.2, 0) is 0 Å². The Morgan fingerprint density at radius 2 is 2.06 bits per heavy atom. The van der Waals surface area contributed by atoms with Crippen molar-refractivity contribution in [2.75, 3.05) is 0 Å². The van der Waals surface area contributed by atoms with Gasteiger partial charge in [0.2, 0.25) is 5.78 Å². The number of carbonyl (C=O) groups excluding carboxylic acids is 1. The molecule has 0 fully saturated rings. The zero-order valence-corrected chi connectivity index (χ0v) is 11.2. The van der Waals surface area contributed by atoms with Crippen molar-refractivity contribution in [3.8, 4) is 0 Å². The van der Waals surface area contributed by atoms with Crippen LogP contribution in [0.15, 0.2) is 45.7 Å². The lowest BCUT2D eigenvalue weighted by atomic mass is 10.1. The lowest BCUT2D eigenvalue weighted by Gasteiger charge is -2.02. The van der Waals surface area contributed by atoms with Gasteiger partial charge in [0.25, 0.3) is 0 Å². The van der Waals surface area contributed by atoms with E-state index in [0.717, 1.165) is 4.47 Å². The molecular weight excluding hydrogens is 336 g/mol. The Morgan fingerprint density at radius 3 is 2.69 bits per heavy atom. The van der Waals surface area contributed by atoms with Crippen molar-refractivity contribution in [2.24, 2.45) is 0 Å². The molecule has 2 aromatic rings. The predicted molar refractivity (Wildman–Crippen MR) is 67.3 cm³/mol. The van der Waals surface area contributed by atoms with Gasteiger partial charge in [0.15, 0.2) is 0 Å². The summed E-state index contributed by atoms with van der Waals surface area (Å²) >= 11 is 6.60. The topological polar surface area (TPSA) is 42.9 Å². The second kappa shape index (κ2) is 4.84. The van der Waals surface area contributed by atoms with Crippen LogP contribution in [0.1, 0.15) is 16.1 Å². The quantitative estimate of drug-likeness (QED) is 0.787. The van der Waals surface area contributed by atoms with E-state index in [1.54, 1.807) is 30.6 Å². The smallest absolute Gasteiger partial charge is 0.214 e. The van der Waals surface area contributed by atoms with Crippen LogP contribution in [0.3, 0.4) is 0 Å². The lowest BCUT2D eigenvalue weighted by molar-refractivity contribution is 0.103. The fourth-order valence-corrected chi connectivity index (χ4v) is 2.38. The van der Waals surface area contributed by atoms with E-state index in [2.05, 4.69) is 41.8 Å². The normalized spacial score (nSPS) is 10.1. The van der Waals surface area contributed by atoms with E-state index in [0.29, 0.717) is 15.7 Å². The largest absolute Gasteiger partial charge is 0.287 e. The summed E-state index contributed by atoms with van der Waals surface area (Å²) in [6.45, 7) is 0. The molecule has 5 heteroatoms. The molecule has 0 unspecified atom stereocenters. The van der Waals surface area contributed by atoms with Crippen LogP contribution >= 0.6 is 31.9 Å². The van der Waals surface area contributed by atoms with Gasteiger partial charge in [-0.15, -0.1) is 0 Å². The number of aromatic nitrogens is 2. The van der Waals surface area contributed by atoms with Gasteiger partial charge < -0.3 is 0 Å². The molecule has 0 aliphatic rings. The Hall–Kier alpha value is -1.07. The molecule has 0 N–H and O–H groups in total. The Morgan fingerprint density at radius 1 is 1.25 bits per heavy atom. The standard InChI is InChI=1S/C11H6Br2N2O/c12-8-4-9(13)10(15-6-8)11(16)7-2-1-3-14-5-7/h1-6H. The molecule has 0 bridgehead atoms. The van der Waals surface area contributed by atoms with Gasteiger partial charge >= 0.3 is 0 Å². The zero-order valence-electron chi connectivity index (χ0n) is 8.02. The van der Waals surface area contributed by atoms with Gasteiger partial charge in [0.05, 0.1) is 0 Å². The molecule has 2 aromatic heterocycles. The fourth-order valence-electron chi connectivity index (χ4n) is 1.22. The Bertz CT molecular complexity index is 529. The second-order valence-electron chi connectivity index (χ2n) is 3.05. The number of hydrogen-bond acceptors (Lipinski definition) is 3.